The van der Waals surface area contributed by atoms with Crippen LogP contribution in [0.2, 0.25) is 0 Å². The van der Waals surface area contributed by atoms with Crippen LogP contribution in [0, 0.1) is 0 Å². The predicted octanol–water partition coefficient (Wildman–Crippen LogP) is -0.201. The molecule has 0 aromatic heterocycles. The van der Waals surface area contributed by atoms with Crippen molar-refractivity contribution in [3.8, 4) is 5.75 Å². The number of benzene rings is 1. The van der Waals surface area contributed by atoms with E-state index < -0.39 is 24.5 Å². The highest BCUT2D eigenvalue weighted by Crippen LogP contribution is 2.12. The Bertz CT molecular complexity index is 432. The van der Waals surface area contributed by atoms with E-state index in [2.05, 4.69) is 5.32 Å². The van der Waals surface area contributed by atoms with E-state index in [1.54, 1.807) is 24.3 Å². The van der Waals surface area contributed by atoms with E-state index in [-0.39, 0.29) is 6.42 Å². The van der Waals surface area contributed by atoms with Gasteiger partial charge < -0.3 is 20.3 Å². The standard InChI is InChI=1S/C12H15NO5/c1-18-9-4-2-3-8(5-9)6-11(15)13-10(7-14)12(16)17/h2-5,10,14H,6-7H2,1H3,(H,13,15)(H,16,17)/t10-/m1/s1. The summed E-state index contributed by atoms with van der Waals surface area (Å²) in [4.78, 5) is 22.2. The second-order valence-electron chi connectivity index (χ2n) is 3.67. The molecule has 0 aliphatic heterocycles. The second-order valence-corrected chi connectivity index (χ2v) is 3.67. The molecule has 6 heteroatoms. The summed E-state index contributed by atoms with van der Waals surface area (Å²) in [6.45, 7) is -0.640. The molecule has 0 saturated carbocycles. The number of hydrogen-bond donors (Lipinski definition) is 3. The van der Waals surface area contributed by atoms with E-state index >= 15 is 0 Å². The van der Waals surface area contributed by atoms with Crippen LogP contribution in [0.15, 0.2) is 24.3 Å². The molecule has 0 aliphatic carbocycles. The number of methoxy groups -OCH3 is 1. The molecule has 0 heterocycles. The van der Waals surface area contributed by atoms with Crippen LogP contribution in [-0.4, -0.2) is 41.8 Å². The molecule has 1 aromatic rings. The fourth-order valence-corrected chi connectivity index (χ4v) is 1.40. The first kappa shape index (κ1) is 14.0. The third-order valence-electron chi connectivity index (χ3n) is 2.31. The number of ether oxygens (including phenoxy) is 1. The van der Waals surface area contributed by atoms with Crippen molar-refractivity contribution in [2.24, 2.45) is 0 Å². The van der Waals surface area contributed by atoms with Crippen molar-refractivity contribution in [1.29, 1.82) is 0 Å². The van der Waals surface area contributed by atoms with Gasteiger partial charge in [-0.15, -0.1) is 0 Å². The Morgan fingerprint density at radius 3 is 2.72 bits per heavy atom. The van der Waals surface area contributed by atoms with Crippen LogP contribution in [0.1, 0.15) is 5.56 Å². The van der Waals surface area contributed by atoms with Crippen LogP contribution in [0.5, 0.6) is 5.75 Å². The Morgan fingerprint density at radius 1 is 1.44 bits per heavy atom. The van der Waals surface area contributed by atoms with Gasteiger partial charge in [0.25, 0.3) is 0 Å². The summed E-state index contributed by atoms with van der Waals surface area (Å²) in [7, 11) is 1.52. The molecular weight excluding hydrogens is 238 g/mol. The number of hydrogen-bond acceptors (Lipinski definition) is 4. The zero-order valence-electron chi connectivity index (χ0n) is 9.92. The smallest absolute Gasteiger partial charge is 0.328 e. The quantitative estimate of drug-likeness (QED) is 0.652. The van der Waals surface area contributed by atoms with Gasteiger partial charge in [-0.25, -0.2) is 4.79 Å². The number of carbonyl (C=O) groups is 2. The average Bonchev–Trinajstić information content (AvgIpc) is 2.35. The van der Waals surface area contributed by atoms with Gasteiger partial charge >= 0.3 is 5.97 Å². The maximum Gasteiger partial charge on any atom is 0.328 e. The van der Waals surface area contributed by atoms with Gasteiger partial charge in [0.05, 0.1) is 20.1 Å². The van der Waals surface area contributed by atoms with Crippen LogP contribution in [0.4, 0.5) is 0 Å². The molecule has 0 spiro atoms. The first-order valence-corrected chi connectivity index (χ1v) is 5.32. The zero-order chi connectivity index (χ0) is 13.5. The molecule has 0 unspecified atom stereocenters. The molecule has 1 rings (SSSR count). The largest absolute Gasteiger partial charge is 0.497 e. The fraction of sp³-hybridized carbons (Fsp3) is 0.333. The highest BCUT2D eigenvalue weighted by molar-refractivity contribution is 5.84. The monoisotopic (exact) mass is 253 g/mol. The number of aliphatic hydroxyl groups excluding tert-OH is 1. The van der Waals surface area contributed by atoms with Crippen LogP contribution in [0.25, 0.3) is 0 Å². The first-order chi connectivity index (χ1) is 8.56. The van der Waals surface area contributed by atoms with Crippen molar-refractivity contribution in [3.63, 3.8) is 0 Å². The summed E-state index contributed by atoms with van der Waals surface area (Å²) in [6, 6.07) is 5.63. The average molecular weight is 253 g/mol. The van der Waals surface area contributed by atoms with E-state index in [0.29, 0.717) is 11.3 Å². The topological polar surface area (TPSA) is 95.9 Å². The molecule has 1 amide bonds. The summed E-state index contributed by atoms with van der Waals surface area (Å²) >= 11 is 0. The summed E-state index contributed by atoms with van der Waals surface area (Å²) in [5.74, 6) is -1.11. The molecule has 0 saturated heterocycles. The highest BCUT2D eigenvalue weighted by Gasteiger charge is 2.18. The summed E-state index contributed by atoms with van der Waals surface area (Å²) in [6.07, 6.45) is 0.0287. The maximum absolute atomic E-state index is 11.6. The molecule has 3 N–H and O–H groups in total. The zero-order valence-corrected chi connectivity index (χ0v) is 9.92. The molecule has 0 aliphatic rings. The lowest BCUT2D eigenvalue weighted by atomic mass is 10.1. The molecule has 0 radical (unpaired) electrons. The third-order valence-corrected chi connectivity index (χ3v) is 2.31. The lowest BCUT2D eigenvalue weighted by Gasteiger charge is -2.11. The van der Waals surface area contributed by atoms with Gasteiger partial charge in [-0.1, -0.05) is 12.1 Å². The third kappa shape index (κ3) is 4.06. The Morgan fingerprint density at radius 2 is 2.17 bits per heavy atom. The Hall–Kier alpha value is -2.08. The van der Waals surface area contributed by atoms with Gasteiger partial charge in [0.15, 0.2) is 0 Å². The summed E-state index contributed by atoms with van der Waals surface area (Å²) in [5, 5.41) is 19.7. The van der Waals surface area contributed by atoms with Gasteiger partial charge in [0, 0.05) is 0 Å². The van der Waals surface area contributed by atoms with E-state index in [1.165, 1.54) is 7.11 Å². The second kappa shape index (κ2) is 6.61. The Labute approximate surface area is 104 Å². The first-order valence-electron chi connectivity index (χ1n) is 5.32. The Kier molecular flexibility index (Phi) is 5.13. The molecular formula is C12H15NO5. The minimum absolute atomic E-state index is 0.0287. The summed E-state index contributed by atoms with van der Waals surface area (Å²) in [5.41, 5.74) is 0.703. The van der Waals surface area contributed by atoms with Crippen LogP contribution in [-0.2, 0) is 16.0 Å². The lowest BCUT2D eigenvalue weighted by Crippen LogP contribution is -2.43. The number of carbonyl (C=O) groups excluding carboxylic acids is 1. The van der Waals surface area contributed by atoms with Crippen molar-refractivity contribution in [1.82, 2.24) is 5.32 Å². The van der Waals surface area contributed by atoms with Gasteiger partial charge in [-0.2, -0.15) is 0 Å². The van der Waals surface area contributed by atoms with E-state index in [9.17, 15) is 9.59 Å². The number of rotatable bonds is 6. The van der Waals surface area contributed by atoms with Gasteiger partial charge in [-0.05, 0) is 17.7 Å². The van der Waals surface area contributed by atoms with Crippen LogP contribution in [0.3, 0.4) is 0 Å². The molecule has 6 nitrogen and oxygen atoms in total. The van der Waals surface area contributed by atoms with Gasteiger partial charge in [0.2, 0.25) is 5.91 Å². The van der Waals surface area contributed by atoms with Crippen molar-refractivity contribution < 1.29 is 24.5 Å². The molecule has 18 heavy (non-hydrogen) atoms. The molecule has 0 bridgehead atoms. The maximum atomic E-state index is 11.6. The predicted molar refractivity (Wildman–Crippen MR) is 63.4 cm³/mol. The number of nitrogens with one attached hydrogen (secondary N) is 1. The number of aliphatic carboxylic acids is 1. The van der Waals surface area contributed by atoms with E-state index in [0.717, 1.165) is 0 Å². The molecule has 1 atom stereocenters. The van der Waals surface area contributed by atoms with E-state index in [1.807, 2.05) is 0 Å². The van der Waals surface area contributed by atoms with Crippen molar-refractivity contribution in [2.75, 3.05) is 13.7 Å². The number of aliphatic hydroxyl groups is 1. The normalized spacial score (nSPS) is 11.7. The van der Waals surface area contributed by atoms with Gasteiger partial charge in [-0.3, -0.25) is 4.79 Å². The minimum atomic E-state index is -1.27. The van der Waals surface area contributed by atoms with Crippen LogP contribution < -0.4 is 10.1 Å². The molecule has 0 fully saturated rings. The lowest BCUT2D eigenvalue weighted by molar-refractivity contribution is -0.142. The number of carboxylic acid groups (broad SMARTS) is 1. The minimum Gasteiger partial charge on any atom is -0.497 e. The number of amides is 1. The molecule has 98 valence electrons. The van der Waals surface area contributed by atoms with Crippen molar-refractivity contribution in [3.05, 3.63) is 29.8 Å². The SMILES string of the molecule is COc1cccc(CC(=O)N[C@H](CO)C(=O)O)c1. The Balaban J connectivity index is 2.61. The van der Waals surface area contributed by atoms with E-state index in [4.69, 9.17) is 14.9 Å². The van der Waals surface area contributed by atoms with Crippen molar-refractivity contribution in [2.45, 2.75) is 12.5 Å². The summed E-state index contributed by atoms with van der Waals surface area (Å²) < 4.78 is 5.01. The highest BCUT2D eigenvalue weighted by atomic mass is 16.5. The fourth-order valence-electron chi connectivity index (χ4n) is 1.40. The van der Waals surface area contributed by atoms with Gasteiger partial charge in [0.1, 0.15) is 11.8 Å². The van der Waals surface area contributed by atoms with Crippen LogP contribution >= 0.6 is 0 Å². The van der Waals surface area contributed by atoms with Crippen molar-refractivity contribution >= 4 is 11.9 Å². The number of carboxylic acids is 1. The molecule has 1 aromatic carbocycles.